The van der Waals surface area contributed by atoms with E-state index in [1.54, 1.807) is 47.0 Å². The standard InChI is InChI=1S/C30H50N4O7/c1-20(10-8-12-22(3)36)27(32(6)28(38)23(4)31)29(39)33(7)30(5,19-35)21(2)11-9-13-26(37)18-24-14-16-25(17-15-24)34(40)41/h14-17,19-23,26-27,36-37H,8-13,18,31H2,1-7H3/t20-,21-,22?,23-,26?,27-,30+/m0/s1. The molecule has 11 nitrogen and oxygen atoms in total. The molecule has 0 aromatic heterocycles. The molecule has 1 aromatic rings. The van der Waals surface area contributed by atoms with E-state index in [2.05, 4.69) is 0 Å². The zero-order valence-corrected chi connectivity index (χ0v) is 25.7. The maximum atomic E-state index is 13.9. The van der Waals surface area contributed by atoms with Crippen molar-refractivity contribution in [3.63, 3.8) is 0 Å². The van der Waals surface area contributed by atoms with Crippen molar-refractivity contribution >= 4 is 23.8 Å². The molecule has 0 bridgehead atoms. The van der Waals surface area contributed by atoms with Crippen LogP contribution in [-0.2, 0) is 20.8 Å². The lowest BCUT2D eigenvalue weighted by molar-refractivity contribution is -0.384. The van der Waals surface area contributed by atoms with Crippen LogP contribution in [-0.4, -0.2) is 87.0 Å². The third-order valence-corrected chi connectivity index (χ3v) is 8.31. The lowest BCUT2D eigenvalue weighted by Gasteiger charge is -2.43. The topological polar surface area (TPSA) is 167 Å². The molecule has 0 saturated heterocycles. The van der Waals surface area contributed by atoms with E-state index >= 15 is 0 Å². The van der Waals surface area contributed by atoms with E-state index < -0.39 is 34.8 Å². The van der Waals surface area contributed by atoms with Crippen LogP contribution >= 0.6 is 0 Å². The lowest BCUT2D eigenvalue weighted by atomic mass is 9.81. The maximum absolute atomic E-state index is 13.9. The number of aliphatic hydroxyl groups is 2. The highest BCUT2D eigenvalue weighted by Crippen LogP contribution is 2.30. The molecular weight excluding hydrogens is 528 g/mol. The monoisotopic (exact) mass is 578 g/mol. The number of aldehydes is 1. The van der Waals surface area contributed by atoms with Crippen LogP contribution in [0, 0.1) is 22.0 Å². The van der Waals surface area contributed by atoms with Crippen LogP contribution in [0.2, 0.25) is 0 Å². The molecule has 2 unspecified atom stereocenters. The molecule has 0 radical (unpaired) electrons. The van der Waals surface area contributed by atoms with Gasteiger partial charge in [-0.25, -0.2) is 0 Å². The summed E-state index contributed by atoms with van der Waals surface area (Å²) in [5, 5.41) is 31.0. The first-order valence-corrected chi connectivity index (χ1v) is 14.4. The van der Waals surface area contributed by atoms with Crippen molar-refractivity contribution in [2.75, 3.05) is 14.1 Å². The number of carbonyl (C=O) groups excluding carboxylic acids is 3. The van der Waals surface area contributed by atoms with Crippen LogP contribution in [0.15, 0.2) is 24.3 Å². The van der Waals surface area contributed by atoms with Crippen molar-refractivity contribution in [1.82, 2.24) is 9.80 Å². The number of nitrogens with zero attached hydrogens (tertiary/aromatic N) is 3. The van der Waals surface area contributed by atoms with Crippen LogP contribution in [0.25, 0.3) is 0 Å². The Bertz CT molecular complexity index is 1000. The van der Waals surface area contributed by atoms with E-state index in [9.17, 15) is 34.7 Å². The highest BCUT2D eigenvalue weighted by molar-refractivity contribution is 5.91. The summed E-state index contributed by atoms with van der Waals surface area (Å²) in [5.74, 6) is -1.22. The van der Waals surface area contributed by atoms with E-state index in [-0.39, 0.29) is 29.3 Å². The van der Waals surface area contributed by atoms with Gasteiger partial charge in [-0.05, 0) is 70.3 Å². The summed E-state index contributed by atoms with van der Waals surface area (Å²) in [6, 6.07) is 4.45. The fourth-order valence-corrected chi connectivity index (χ4v) is 5.18. The molecule has 0 aliphatic carbocycles. The highest BCUT2D eigenvalue weighted by Gasteiger charge is 2.43. The summed E-state index contributed by atoms with van der Waals surface area (Å²) in [7, 11) is 3.14. The zero-order chi connectivity index (χ0) is 31.5. The lowest BCUT2D eigenvalue weighted by Crippen LogP contribution is -2.61. The molecule has 0 saturated carbocycles. The first-order chi connectivity index (χ1) is 19.1. The predicted molar refractivity (Wildman–Crippen MR) is 158 cm³/mol. The van der Waals surface area contributed by atoms with E-state index in [1.165, 1.54) is 21.9 Å². The number of hydrogen-bond donors (Lipinski definition) is 3. The number of hydrogen-bond acceptors (Lipinski definition) is 8. The van der Waals surface area contributed by atoms with E-state index in [0.717, 1.165) is 11.8 Å². The molecular formula is C30H50N4O7. The zero-order valence-electron chi connectivity index (χ0n) is 25.7. The second kappa shape index (κ2) is 16.5. The first-order valence-electron chi connectivity index (χ1n) is 14.4. The van der Waals surface area contributed by atoms with Crippen LogP contribution < -0.4 is 5.73 Å². The number of nitrogens with two attached hydrogens (primary N) is 1. The van der Waals surface area contributed by atoms with Crippen LogP contribution in [0.4, 0.5) is 5.69 Å². The molecule has 0 spiro atoms. The van der Waals surface area contributed by atoms with Gasteiger partial charge in [0.15, 0.2) is 0 Å². The molecule has 0 aliphatic heterocycles. The summed E-state index contributed by atoms with van der Waals surface area (Å²) in [6.07, 6.45) is 3.48. The molecule has 11 heteroatoms. The molecule has 0 fully saturated rings. The molecule has 1 rings (SSSR count). The van der Waals surface area contributed by atoms with Crippen molar-refractivity contribution in [2.45, 2.75) is 109 Å². The van der Waals surface area contributed by atoms with Gasteiger partial charge >= 0.3 is 0 Å². The molecule has 1 aromatic carbocycles. The predicted octanol–water partition coefficient (Wildman–Crippen LogP) is 3.08. The summed E-state index contributed by atoms with van der Waals surface area (Å²) < 4.78 is 0. The Hall–Kier alpha value is -2.89. The number of rotatable bonds is 18. The maximum Gasteiger partial charge on any atom is 0.269 e. The Labute approximate surface area is 244 Å². The Morgan fingerprint density at radius 1 is 1.00 bits per heavy atom. The van der Waals surface area contributed by atoms with E-state index in [1.807, 2.05) is 13.8 Å². The summed E-state index contributed by atoms with van der Waals surface area (Å²) in [4.78, 5) is 52.3. The van der Waals surface area contributed by atoms with Crippen molar-refractivity contribution in [3.8, 4) is 0 Å². The number of benzene rings is 1. The third kappa shape index (κ3) is 10.5. The Morgan fingerprint density at radius 2 is 1.56 bits per heavy atom. The summed E-state index contributed by atoms with van der Waals surface area (Å²) >= 11 is 0. The van der Waals surface area contributed by atoms with Crippen molar-refractivity contribution < 1.29 is 29.5 Å². The number of likely N-dealkylation sites (N-methyl/N-ethyl adjacent to an activating group) is 2. The van der Waals surface area contributed by atoms with Gasteiger partial charge in [-0.15, -0.1) is 0 Å². The SMILES string of the molecule is CC(O)CCC[C@H](C)[C@@H](C(=O)N(C)[C@](C)(C=O)[C@@H](C)CCCC(O)Cc1ccc([N+](=O)[O-])cc1)N(C)C(=O)[C@H](C)N. The van der Waals surface area contributed by atoms with Crippen LogP contribution in [0.1, 0.15) is 78.7 Å². The minimum absolute atomic E-state index is 0.00614. The average Bonchev–Trinajstić information content (AvgIpc) is 2.91. The minimum atomic E-state index is -1.16. The van der Waals surface area contributed by atoms with Gasteiger partial charge in [0, 0.05) is 26.2 Å². The second-order valence-corrected chi connectivity index (χ2v) is 11.8. The van der Waals surface area contributed by atoms with Gasteiger partial charge < -0.3 is 30.5 Å². The molecule has 2 amide bonds. The molecule has 4 N–H and O–H groups in total. The van der Waals surface area contributed by atoms with Gasteiger partial charge in [0.25, 0.3) is 5.69 Å². The second-order valence-electron chi connectivity index (χ2n) is 11.8. The Kier molecular flexibility index (Phi) is 14.6. The summed E-state index contributed by atoms with van der Waals surface area (Å²) in [6.45, 7) is 8.75. The van der Waals surface area contributed by atoms with Crippen LogP contribution in [0.5, 0.6) is 0 Å². The van der Waals surface area contributed by atoms with Gasteiger partial charge in [0.2, 0.25) is 11.8 Å². The fraction of sp³-hybridized carbons (Fsp3) is 0.700. The largest absolute Gasteiger partial charge is 0.393 e. The number of aliphatic hydroxyl groups excluding tert-OH is 2. The number of amides is 2. The quantitative estimate of drug-likeness (QED) is 0.136. The highest BCUT2D eigenvalue weighted by atomic mass is 16.6. The minimum Gasteiger partial charge on any atom is -0.393 e. The number of non-ortho nitro benzene ring substituents is 1. The van der Waals surface area contributed by atoms with Gasteiger partial charge in [-0.2, -0.15) is 0 Å². The molecule has 41 heavy (non-hydrogen) atoms. The molecule has 0 aliphatic rings. The number of nitro groups is 1. The van der Waals surface area contributed by atoms with E-state index in [0.29, 0.717) is 44.9 Å². The summed E-state index contributed by atoms with van der Waals surface area (Å²) in [5.41, 5.74) is 5.47. The Balaban J connectivity index is 2.94. The number of nitro benzene ring substituents is 1. The van der Waals surface area contributed by atoms with Gasteiger partial charge in [-0.1, -0.05) is 38.8 Å². The van der Waals surface area contributed by atoms with Gasteiger partial charge in [-0.3, -0.25) is 19.7 Å². The van der Waals surface area contributed by atoms with Crippen molar-refractivity contribution in [2.24, 2.45) is 17.6 Å². The molecule has 0 heterocycles. The fourth-order valence-electron chi connectivity index (χ4n) is 5.18. The van der Waals surface area contributed by atoms with Gasteiger partial charge in [0.1, 0.15) is 12.3 Å². The number of carbonyl (C=O) groups is 3. The normalized spacial score (nSPS) is 17.3. The van der Waals surface area contributed by atoms with Gasteiger partial charge in [0.05, 0.1) is 28.7 Å². The first kappa shape index (κ1) is 36.1. The smallest absolute Gasteiger partial charge is 0.269 e. The average molecular weight is 579 g/mol. The van der Waals surface area contributed by atoms with Crippen molar-refractivity contribution in [1.29, 1.82) is 0 Å². The van der Waals surface area contributed by atoms with Crippen molar-refractivity contribution in [3.05, 3.63) is 39.9 Å². The Morgan fingerprint density at radius 3 is 2.05 bits per heavy atom. The van der Waals surface area contributed by atoms with E-state index in [4.69, 9.17) is 5.73 Å². The molecule has 7 atom stereocenters. The van der Waals surface area contributed by atoms with Crippen LogP contribution in [0.3, 0.4) is 0 Å². The third-order valence-electron chi connectivity index (χ3n) is 8.31. The molecule has 232 valence electrons.